The molecule has 3 nitrogen and oxygen atoms in total. The molecule has 0 atom stereocenters. The topological polar surface area (TPSA) is 41.6 Å². The highest BCUT2D eigenvalue weighted by atomic mass is 127. The maximum absolute atomic E-state index is 4.49. The number of nitrogens with one attached hydrogen (secondary N) is 1. The molecule has 0 aliphatic carbocycles. The predicted octanol–water partition coefficient (Wildman–Crippen LogP) is 3.80. The Morgan fingerprint density at radius 1 is 1.12 bits per heavy atom. The number of H-pyrrole nitrogens is 1. The fraction of sp³-hybridized carbons (Fsp3) is 0. The number of halogens is 1. The second-order valence-electron chi connectivity index (χ2n) is 3.49. The summed E-state index contributed by atoms with van der Waals surface area (Å²) < 4.78 is 1.21. The smallest absolute Gasteiger partial charge is 0.181 e. The average Bonchev–Trinajstić information content (AvgIpc) is 3.00. The van der Waals surface area contributed by atoms with Gasteiger partial charge in [0.2, 0.25) is 0 Å². The highest BCUT2D eigenvalue weighted by molar-refractivity contribution is 14.1. The summed E-state index contributed by atoms with van der Waals surface area (Å²) >= 11 is 3.93. The molecule has 0 bridgehead atoms. The number of aromatic nitrogens is 3. The summed E-state index contributed by atoms with van der Waals surface area (Å²) in [5.41, 5.74) is 1.03. The van der Waals surface area contributed by atoms with Gasteiger partial charge >= 0.3 is 0 Å². The highest BCUT2D eigenvalue weighted by Crippen LogP contribution is 2.23. The van der Waals surface area contributed by atoms with E-state index in [-0.39, 0.29) is 0 Å². The van der Waals surface area contributed by atoms with Crippen molar-refractivity contribution in [1.29, 1.82) is 0 Å². The second kappa shape index (κ2) is 4.58. The van der Waals surface area contributed by atoms with Crippen LogP contribution in [0, 0.1) is 3.57 Å². The Labute approximate surface area is 116 Å². The van der Waals surface area contributed by atoms with Crippen LogP contribution in [-0.2, 0) is 0 Å². The molecule has 0 unspecified atom stereocenters. The van der Waals surface area contributed by atoms with Gasteiger partial charge in [0.1, 0.15) is 0 Å². The monoisotopic (exact) mass is 353 g/mol. The Kier molecular flexibility index (Phi) is 2.94. The molecule has 17 heavy (non-hydrogen) atoms. The van der Waals surface area contributed by atoms with E-state index in [1.165, 1.54) is 3.57 Å². The predicted molar refractivity (Wildman–Crippen MR) is 77.8 cm³/mol. The van der Waals surface area contributed by atoms with Crippen molar-refractivity contribution in [2.75, 3.05) is 0 Å². The molecule has 0 saturated carbocycles. The minimum atomic E-state index is 0.741. The van der Waals surface area contributed by atoms with Crippen LogP contribution in [0.1, 0.15) is 0 Å². The van der Waals surface area contributed by atoms with Crippen LogP contribution in [0.15, 0.2) is 41.8 Å². The molecule has 2 heterocycles. The normalized spacial score (nSPS) is 10.6. The van der Waals surface area contributed by atoms with E-state index in [0.717, 1.165) is 22.1 Å². The van der Waals surface area contributed by atoms with E-state index in [1.807, 2.05) is 29.6 Å². The first-order valence-electron chi connectivity index (χ1n) is 5.05. The lowest BCUT2D eigenvalue weighted by molar-refractivity contribution is 1.10. The molecule has 5 heteroatoms. The average molecular weight is 353 g/mol. The Hall–Kier alpha value is -1.21. The van der Waals surface area contributed by atoms with Crippen molar-refractivity contribution in [2.24, 2.45) is 0 Å². The van der Waals surface area contributed by atoms with Crippen LogP contribution in [-0.4, -0.2) is 15.2 Å². The first kappa shape index (κ1) is 10.9. The highest BCUT2D eigenvalue weighted by Gasteiger charge is 2.07. The van der Waals surface area contributed by atoms with E-state index in [9.17, 15) is 0 Å². The van der Waals surface area contributed by atoms with Crippen LogP contribution < -0.4 is 0 Å². The first-order valence-corrected chi connectivity index (χ1v) is 7.01. The summed E-state index contributed by atoms with van der Waals surface area (Å²) in [4.78, 5) is 5.60. The zero-order valence-electron chi connectivity index (χ0n) is 8.72. The number of benzene rings is 1. The van der Waals surface area contributed by atoms with Gasteiger partial charge in [0.25, 0.3) is 0 Å². The lowest BCUT2D eigenvalue weighted by Crippen LogP contribution is -1.80. The minimum absolute atomic E-state index is 0.741. The van der Waals surface area contributed by atoms with Gasteiger partial charge in [0.15, 0.2) is 11.6 Å². The van der Waals surface area contributed by atoms with Gasteiger partial charge in [-0.15, -0.1) is 11.3 Å². The second-order valence-corrected chi connectivity index (χ2v) is 5.69. The largest absolute Gasteiger partial charge is 0.258 e. The Morgan fingerprint density at radius 3 is 2.65 bits per heavy atom. The zero-order valence-corrected chi connectivity index (χ0v) is 11.7. The van der Waals surface area contributed by atoms with Crippen LogP contribution in [0.25, 0.3) is 22.1 Å². The molecule has 84 valence electrons. The summed E-state index contributed by atoms with van der Waals surface area (Å²) in [6.45, 7) is 0. The third-order valence-corrected chi connectivity index (χ3v) is 3.94. The first-order chi connectivity index (χ1) is 8.33. The van der Waals surface area contributed by atoms with Crippen molar-refractivity contribution in [3.63, 3.8) is 0 Å². The maximum atomic E-state index is 4.49. The van der Waals surface area contributed by atoms with Crippen molar-refractivity contribution in [3.8, 4) is 22.1 Å². The number of hydrogen-bond acceptors (Lipinski definition) is 3. The van der Waals surface area contributed by atoms with Crippen molar-refractivity contribution in [1.82, 2.24) is 15.2 Å². The molecule has 0 aliphatic rings. The number of nitrogens with zero attached hydrogens (tertiary/aromatic N) is 2. The van der Waals surface area contributed by atoms with Crippen LogP contribution in [0.4, 0.5) is 0 Å². The quantitative estimate of drug-likeness (QED) is 0.712. The van der Waals surface area contributed by atoms with Gasteiger partial charge in [-0.3, -0.25) is 5.10 Å². The molecule has 3 aromatic rings. The van der Waals surface area contributed by atoms with Crippen LogP contribution in [0.3, 0.4) is 0 Å². The van der Waals surface area contributed by atoms with Crippen LogP contribution >= 0.6 is 33.9 Å². The van der Waals surface area contributed by atoms with E-state index in [4.69, 9.17) is 0 Å². The van der Waals surface area contributed by atoms with Crippen molar-refractivity contribution in [2.45, 2.75) is 0 Å². The number of hydrogen-bond donors (Lipinski definition) is 1. The third kappa shape index (κ3) is 2.25. The molecule has 0 saturated heterocycles. The van der Waals surface area contributed by atoms with Gasteiger partial charge in [0, 0.05) is 9.13 Å². The molecule has 2 aromatic heterocycles. The summed E-state index contributed by atoms with van der Waals surface area (Å²) in [6.07, 6.45) is 0. The Bertz CT molecular complexity index is 614. The van der Waals surface area contributed by atoms with Gasteiger partial charge in [-0.2, -0.15) is 5.10 Å². The third-order valence-electron chi connectivity index (χ3n) is 2.34. The molecular weight excluding hydrogens is 345 g/mol. The van der Waals surface area contributed by atoms with E-state index >= 15 is 0 Å². The van der Waals surface area contributed by atoms with Crippen LogP contribution in [0.2, 0.25) is 0 Å². The number of rotatable bonds is 2. The lowest BCUT2D eigenvalue weighted by Gasteiger charge is -1.94. The number of thiophene rings is 1. The molecule has 0 amide bonds. The maximum Gasteiger partial charge on any atom is 0.181 e. The molecule has 0 fully saturated rings. The summed E-state index contributed by atoms with van der Waals surface area (Å²) in [5, 5.41) is 9.24. The standard InChI is InChI=1S/C12H8IN3S/c13-9-5-3-8(4-6-9)11-14-12(16-15-11)10-2-1-7-17-10/h1-7H,(H,14,15,16). The molecular formula is C12H8IN3S. The van der Waals surface area contributed by atoms with Gasteiger partial charge in [0.05, 0.1) is 4.88 Å². The van der Waals surface area contributed by atoms with E-state index in [2.05, 4.69) is 49.9 Å². The molecule has 0 spiro atoms. The van der Waals surface area contributed by atoms with E-state index < -0.39 is 0 Å². The fourth-order valence-corrected chi connectivity index (χ4v) is 2.54. The van der Waals surface area contributed by atoms with Crippen LogP contribution in [0.5, 0.6) is 0 Å². The van der Waals surface area contributed by atoms with E-state index in [1.54, 1.807) is 11.3 Å². The van der Waals surface area contributed by atoms with E-state index in [0.29, 0.717) is 0 Å². The Morgan fingerprint density at radius 2 is 1.94 bits per heavy atom. The van der Waals surface area contributed by atoms with Gasteiger partial charge in [-0.25, -0.2) is 4.98 Å². The Balaban J connectivity index is 1.98. The molecule has 3 rings (SSSR count). The van der Waals surface area contributed by atoms with Crippen molar-refractivity contribution in [3.05, 3.63) is 45.3 Å². The van der Waals surface area contributed by atoms with Gasteiger partial charge in [-0.05, 0) is 46.2 Å². The van der Waals surface area contributed by atoms with Crippen molar-refractivity contribution >= 4 is 33.9 Å². The fourth-order valence-electron chi connectivity index (χ4n) is 1.51. The minimum Gasteiger partial charge on any atom is -0.258 e. The van der Waals surface area contributed by atoms with Gasteiger partial charge in [-0.1, -0.05) is 18.2 Å². The summed E-state index contributed by atoms with van der Waals surface area (Å²) in [7, 11) is 0. The molecule has 1 aromatic carbocycles. The molecule has 0 aliphatic heterocycles. The lowest BCUT2D eigenvalue weighted by atomic mass is 10.2. The summed E-state index contributed by atoms with van der Waals surface area (Å²) in [5.74, 6) is 1.57. The SMILES string of the molecule is Ic1ccc(-c2n[nH]c(-c3cccs3)n2)cc1. The zero-order chi connectivity index (χ0) is 11.7. The molecule has 1 N–H and O–H groups in total. The number of aromatic amines is 1. The molecule has 0 radical (unpaired) electrons. The van der Waals surface area contributed by atoms with Gasteiger partial charge < -0.3 is 0 Å². The summed E-state index contributed by atoms with van der Waals surface area (Å²) in [6, 6.07) is 12.2. The van der Waals surface area contributed by atoms with Crippen molar-refractivity contribution < 1.29 is 0 Å².